The maximum absolute atomic E-state index is 12.9. The molecule has 0 aliphatic carbocycles. The van der Waals surface area contributed by atoms with E-state index in [2.05, 4.69) is 11.4 Å². The summed E-state index contributed by atoms with van der Waals surface area (Å²) in [6, 6.07) is 15.1. The van der Waals surface area contributed by atoms with Crippen LogP contribution >= 0.6 is 11.8 Å². The van der Waals surface area contributed by atoms with E-state index in [0.717, 1.165) is 36.7 Å². The lowest BCUT2D eigenvalue weighted by molar-refractivity contribution is 0.0989. The molecule has 0 aromatic heterocycles. The smallest absolute Gasteiger partial charge is 0.321 e. The summed E-state index contributed by atoms with van der Waals surface area (Å²) in [6.07, 6.45) is 0.880. The molecule has 1 fully saturated rings. The number of urea groups is 1. The molecule has 2 aliphatic heterocycles. The maximum Gasteiger partial charge on any atom is 0.321 e. The van der Waals surface area contributed by atoms with Crippen LogP contribution in [-0.4, -0.2) is 48.0 Å². The Hall–Kier alpha value is -2.47. The first-order chi connectivity index (χ1) is 12.7. The fourth-order valence-electron chi connectivity index (χ4n) is 3.40. The molecule has 0 saturated carbocycles. The SMILES string of the molecule is O=C(Nc1cccc(C(=O)N2CCc3ccccc32)c1)N1CCSCC1. The largest absolute Gasteiger partial charge is 0.323 e. The predicted molar refractivity (Wildman–Crippen MR) is 106 cm³/mol. The number of rotatable bonds is 2. The number of nitrogens with one attached hydrogen (secondary N) is 1. The number of carbonyl (C=O) groups excluding carboxylic acids is 2. The number of hydrogen-bond acceptors (Lipinski definition) is 3. The van der Waals surface area contributed by atoms with E-state index in [-0.39, 0.29) is 11.9 Å². The van der Waals surface area contributed by atoms with E-state index in [1.165, 1.54) is 5.56 Å². The van der Waals surface area contributed by atoms with Crippen molar-refractivity contribution in [2.75, 3.05) is 41.4 Å². The van der Waals surface area contributed by atoms with Crippen LogP contribution in [0.2, 0.25) is 0 Å². The third-order valence-corrected chi connectivity index (χ3v) is 5.73. The fraction of sp³-hybridized carbons (Fsp3) is 0.300. The molecule has 26 heavy (non-hydrogen) atoms. The third kappa shape index (κ3) is 3.42. The number of thioether (sulfide) groups is 1. The van der Waals surface area contributed by atoms with Crippen LogP contribution in [0.5, 0.6) is 0 Å². The van der Waals surface area contributed by atoms with Gasteiger partial charge in [0.2, 0.25) is 0 Å². The van der Waals surface area contributed by atoms with Gasteiger partial charge in [0, 0.05) is 48.1 Å². The van der Waals surface area contributed by atoms with Crippen LogP contribution < -0.4 is 10.2 Å². The number of nitrogens with zero attached hydrogens (tertiary/aromatic N) is 2. The first-order valence-corrected chi connectivity index (χ1v) is 10.0. The minimum Gasteiger partial charge on any atom is -0.323 e. The minimum atomic E-state index is -0.0959. The van der Waals surface area contributed by atoms with E-state index in [1.807, 2.05) is 51.9 Å². The Bertz CT molecular complexity index is 833. The van der Waals surface area contributed by atoms with Gasteiger partial charge in [-0.25, -0.2) is 4.79 Å². The van der Waals surface area contributed by atoms with Gasteiger partial charge in [0.25, 0.3) is 5.91 Å². The summed E-state index contributed by atoms with van der Waals surface area (Å²) in [4.78, 5) is 29.0. The van der Waals surface area contributed by atoms with Crippen LogP contribution in [0.1, 0.15) is 15.9 Å². The molecule has 0 spiro atoms. The lowest BCUT2D eigenvalue weighted by atomic mass is 10.1. The van der Waals surface area contributed by atoms with Crippen LogP contribution in [0.25, 0.3) is 0 Å². The van der Waals surface area contributed by atoms with E-state index >= 15 is 0 Å². The lowest BCUT2D eigenvalue weighted by Gasteiger charge is -2.26. The molecule has 0 unspecified atom stereocenters. The molecule has 0 bridgehead atoms. The number of amides is 3. The van der Waals surface area contributed by atoms with Gasteiger partial charge in [0.15, 0.2) is 0 Å². The molecule has 1 saturated heterocycles. The van der Waals surface area contributed by atoms with Gasteiger partial charge in [0.1, 0.15) is 0 Å². The van der Waals surface area contributed by atoms with Crippen molar-refractivity contribution in [2.24, 2.45) is 0 Å². The second-order valence-corrected chi connectivity index (χ2v) is 7.67. The molecule has 0 atom stereocenters. The van der Waals surface area contributed by atoms with Gasteiger partial charge in [-0.15, -0.1) is 0 Å². The normalized spacial score (nSPS) is 16.3. The third-order valence-electron chi connectivity index (χ3n) is 4.79. The second kappa shape index (κ2) is 7.41. The number of carbonyl (C=O) groups is 2. The highest BCUT2D eigenvalue weighted by atomic mass is 32.2. The summed E-state index contributed by atoms with van der Waals surface area (Å²) < 4.78 is 0. The van der Waals surface area contributed by atoms with Gasteiger partial charge in [-0.2, -0.15) is 11.8 Å². The fourth-order valence-corrected chi connectivity index (χ4v) is 4.31. The molecule has 2 aromatic carbocycles. The van der Waals surface area contributed by atoms with Gasteiger partial charge < -0.3 is 15.1 Å². The van der Waals surface area contributed by atoms with Gasteiger partial charge in [-0.05, 0) is 36.2 Å². The molecule has 3 amide bonds. The highest BCUT2D eigenvalue weighted by Crippen LogP contribution is 2.29. The maximum atomic E-state index is 12.9. The first-order valence-electron chi connectivity index (χ1n) is 8.86. The summed E-state index contributed by atoms with van der Waals surface area (Å²) in [7, 11) is 0. The van der Waals surface area contributed by atoms with Gasteiger partial charge >= 0.3 is 6.03 Å². The van der Waals surface area contributed by atoms with Gasteiger partial charge in [-0.1, -0.05) is 24.3 Å². The van der Waals surface area contributed by atoms with Crippen LogP contribution in [0.3, 0.4) is 0 Å². The Morgan fingerprint density at radius 2 is 1.77 bits per heavy atom. The number of fused-ring (bicyclic) bond motifs is 1. The molecule has 2 aliphatic rings. The number of para-hydroxylation sites is 1. The molecule has 134 valence electrons. The Morgan fingerprint density at radius 1 is 0.962 bits per heavy atom. The molecule has 2 aromatic rings. The zero-order valence-corrected chi connectivity index (χ0v) is 15.3. The van der Waals surface area contributed by atoms with Crippen molar-refractivity contribution >= 4 is 35.1 Å². The summed E-state index contributed by atoms with van der Waals surface area (Å²) in [5.74, 6) is 1.92. The second-order valence-electron chi connectivity index (χ2n) is 6.45. The molecule has 0 radical (unpaired) electrons. The van der Waals surface area contributed by atoms with Crippen molar-refractivity contribution < 1.29 is 9.59 Å². The monoisotopic (exact) mass is 367 g/mol. The molecule has 5 nitrogen and oxygen atoms in total. The Kier molecular flexibility index (Phi) is 4.84. The molecule has 6 heteroatoms. The summed E-state index contributed by atoms with van der Waals surface area (Å²) >= 11 is 1.87. The molecule has 1 N–H and O–H groups in total. The molecular weight excluding hydrogens is 346 g/mol. The van der Waals surface area contributed by atoms with Crippen molar-refractivity contribution in [3.8, 4) is 0 Å². The first kappa shape index (κ1) is 17.0. The number of hydrogen-bond donors (Lipinski definition) is 1. The number of anilines is 2. The van der Waals surface area contributed by atoms with Crippen LogP contribution in [-0.2, 0) is 6.42 Å². The Morgan fingerprint density at radius 3 is 2.62 bits per heavy atom. The standard InChI is InChI=1S/C20H21N3O2S/c24-19(23-9-8-15-4-1-2-7-18(15)23)16-5-3-6-17(14-16)21-20(25)22-10-12-26-13-11-22/h1-7,14H,8-13H2,(H,21,25). The van der Waals surface area contributed by atoms with E-state index in [1.54, 1.807) is 12.1 Å². The van der Waals surface area contributed by atoms with Crippen LogP contribution in [0.4, 0.5) is 16.2 Å². The van der Waals surface area contributed by atoms with Crippen molar-refractivity contribution in [3.63, 3.8) is 0 Å². The topological polar surface area (TPSA) is 52.7 Å². The average molecular weight is 367 g/mol. The van der Waals surface area contributed by atoms with E-state index in [4.69, 9.17) is 0 Å². The van der Waals surface area contributed by atoms with Crippen molar-refractivity contribution in [2.45, 2.75) is 6.42 Å². The predicted octanol–water partition coefficient (Wildman–Crippen LogP) is 3.47. The van der Waals surface area contributed by atoms with Gasteiger partial charge in [-0.3, -0.25) is 4.79 Å². The molecule has 4 rings (SSSR count). The molecular formula is C20H21N3O2S. The van der Waals surface area contributed by atoms with E-state index in [0.29, 0.717) is 17.8 Å². The average Bonchev–Trinajstić information content (AvgIpc) is 3.12. The highest BCUT2D eigenvalue weighted by Gasteiger charge is 2.25. The van der Waals surface area contributed by atoms with Crippen molar-refractivity contribution in [1.29, 1.82) is 0 Å². The Balaban J connectivity index is 1.49. The Labute approximate surface area is 157 Å². The van der Waals surface area contributed by atoms with E-state index < -0.39 is 0 Å². The lowest BCUT2D eigenvalue weighted by Crippen LogP contribution is -2.40. The minimum absolute atomic E-state index is 0.0274. The summed E-state index contributed by atoms with van der Waals surface area (Å²) in [6.45, 7) is 2.22. The van der Waals surface area contributed by atoms with Crippen molar-refractivity contribution in [1.82, 2.24) is 4.90 Å². The molecule has 2 heterocycles. The quantitative estimate of drug-likeness (QED) is 0.884. The highest BCUT2D eigenvalue weighted by molar-refractivity contribution is 7.99. The van der Waals surface area contributed by atoms with E-state index in [9.17, 15) is 9.59 Å². The van der Waals surface area contributed by atoms with Gasteiger partial charge in [0.05, 0.1) is 0 Å². The number of benzene rings is 2. The summed E-state index contributed by atoms with van der Waals surface area (Å²) in [5.41, 5.74) is 3.44. The van der Waals surface area contributed by atoms with Crippen molar-refractivity contribution in [3.05, 3.63) is 59.7 Å². The zero-order chi connectivity index (χ0) is 17.9. The van der Waals surface area contributed by atoms with Crippen LogP contribution in [0, 0.1) is 0 Å². The zero-order valence-electron chi connectivity index (χ0n) is 14.5. The summed E-state index contributed by atoms with van der Waals surface area (Å²) in [5, 5.41) is 2.92. The van der Waals surface area contributed by atoms with Crippen LogP contribution in [0.15, 0.2) is 48.5 Å².